The molecule has 0 aromatic carbocycles. The van der Waals surface area contributed by atoms with Gasteiger partial charge in [0.25, 0.3) is 5.91 Å². The fourth-order valence-electron chi connectivity index (χ4n) is 4.32. The summed E-state index contributed by atoms with van der Waals surface area (Å²) in [5.74, 6) is -0.362. The number of halogens is 1. The highest BCUT2D eigenvalue weighted by molar-refractivity contribution is 5.99. The van der Waals surface area contributed by atoms with Crippen LogP contribution in [0.2, 0.25) is 0 Å². The summed E-state index contributed by atoms with van der Waals surface area (Å²) in [5.41, 5.74) is 3.33. The summed E-state index contributed by atoms with van der Waals surface area (Å²) >= 11 is 0. The van der Waals surface area contributed by atoms with Crippen LogP contribution in [0.15, 0.2) is 36.8 Å². The van der Waals surface area contributed by atoms with Crippen LogP contribution < -0.4 is 0 Å². The van der Waals surface area contributed by atoms with Gasteiger partial charge in [-0.05, 0) is 37.5 Å². The number of fused-ring (bicyclic) bond motifs is 2. The molecule has 1 aliphatic rings. The van der Waals surface area contributed by atoms with Gasteiger partial charge in [-0.1, -0.05) is 19.8 Å². The number of hydrogen-bond acceptors (Lipinski definition) is 4. The zero-order valence-corrected chi connectivity index (χ0v) is 17.6. The SMILES string of the molecule is CCCn1nc(-c2cnc3ccc(F)cn23)c2cnc(C(=O)N3CCCCCC3)cc21. The molecule has 4 aromatic heterocycles. The average molecular weight is 420 g/mol. The first-order valence-corrected chi connectivity index (χ1v) is 10.9. The minimum absolute atomic E-state index is 0.0218. The van der Waals surface area contributed by atoms with Gasteiger partial charge in [0.1, 0.15) is 22.9 Å². The molecular weight excluding hydrogens is 395 g/mol. The summed E-state index contributed by atoms with van der Waals surface area (Å²) in [6, 6.07) is 4.88. The quantitative estimate of drug-likeness (QED) is 0.493. The molecule has 0 unspecified atom stereocenters. The summed E-state index contributed by atoms with van der Waals surface area (Å²) in [4.78, 5) is 23.9. The van der Waals surface area contributed by atoms with Gasteiger partial charge in [0, 0.05) is 37.4 Å². The molecule has 5 heterocycles. The Balaban J connectivity index is 1.61. The van der Waals surface area contributed by atoms with Crippen LogP contribution >= 0.6 is 0 Å². The van der Waals surface area contributed by atoms with Gasteiger partial charge in [-0.3, -0.25) is 18.9 Å². The monoisotopic (exact) mass is 420 g/mol. The molecule has 0 aliphatic carbocycles. The number of imidazole rings is 1. The summed E-state index contributed by atoms with van der Waals surface area (Å²) in [6.07, 6.45) is 10.1. The Morgan fingerprint density at radius 1 is 1.10 bits per heavy atom. The molecule has 1 amide bonds. The van der Waals surface area contributed by atoms with E-state index in [0.717, 1.165) is 43.3 Å². The number of pyridine rings is 2. The molecular formula is C23H25FN6O. The third-order valence-corrected chi connectivity index (χ3v) is 5.90. The highest BCUT2D eigenvalue weighted by atomic mass is 19.1. The molecule has 0 atom stereocenters. The van der Waals surface area contributed by atoms with Crippen molar-refractivity contribution in [1.82, 2.24) is 29.0 Å². The number of aromatic nitrogens is 5. The number of aryl methyl sites for hydroxylation is 1. The van der Waals surface area contributed by atoms with E-state index >= 15 is 0 Å². The molecule has 0 N–H and O–H groups in total. The fourth-order valence-corrected chi connectivity index (χ4v) is 4.32. The van der Waals surface area contributed by atoms with Crippen molar-refractivity contribution in [3.63, 3.8) is 0 Å². The van der Waals surface area contributed by atoms with Gasteiger partial charge in [-0.15, -0.1) is 0 Å². The zero-order chi connectivity index (χ0) is 21.4. The highest BCUT2D eigenvalue weighted by Crippen LogP contribution is 2.29. The number of rotatable bonds is 4. The van der Waals surface area contributed by atoms with E-state index in [1.165, 1.54) is 25.1 Å². The summed E-state index contributed by atoms with van der Waals surface area (Å²) in [5, 5.41) is 5.62. The van der Waals surface area contributed by atoms with Crippen LogP contribution in [0.25, 0.3) is 27.9 Å². The first-order chi connectivity index (χ1) is 15.2. The van der Waals surface area contributed by atoms with E-state index in [9.17, 15) is 9.18 Å². The maximum atomic E-state index is 13.9. The van der Waals surface area contributed by atoms with Crippen LogP contribution in [0.3, 0.4) is 0 Å². The average Bonchev–Trinajstić information content (AvgIpc) is 3.22. The highest BCUT2D eigenvalue weighted by Gasteiger charge is 2.22. The van der Waals surface area contributed by atoms with Crippen LogP contribution in [-0.2, 0) is 6.54 Å². The minimum atomic E-state index is -0.340. The Kier molecular flexibility index (Phi) is 5.13. The topological polar surface area (TPSA) is 68.3 Å². The van der Waals surface area contributed by atoms with Gasteiger partial charge in [-0.2, -0.15) is 5.10 Å². The largest absolute Gasteiger partial charge is 0.337 e. The molecule has 0 bridgehead atoms. The molecule has 0 radical (unpaired) electrons. The van der Waals surface area contributed by atoms with Crippen LogP contribution in [0.1, 0.15) is 49.5 Å². The normalized spacial score (nSPS) is 15.0. The molecule has 1 aliphatic heterocycles. The number of amides is 1. The fraction of sp³-hybridized carbons (Fsp3) is 0.391. The van der Waals surface area contributed by atoms with Crippen molar-refractivity contribution in [3.05, 3.63) is 48.3 Å². The van der Waals surface area contributed by atoms with E-state index in [-0.39, 0.29) is 11.7 Å². The standard InChI is InChI=1S/C23H25FN6O/c1-2-9-30-19-12-18(23(31)28-10-5-3-4-6-11-28)25-13-17(19)22(27-30)20-14-26-21-8-7-16(24)15-29(20)21/h7-8,12-15H,2-6,9-11H2,1H3. The Morgan fingerprint density at radius 3 is 2.68 bits per heavy atom. The molecule has 31 heavy (non-hydrogen) atoms. The van der Waals surface area contributed by atoms with Gasteiger partial charge >= 0.3 is 0 Å². The number of carbonyl (C=O) groups is 1. The Morgan fingerprint density at radius 2 is 1.90 bits per heavy atom. The Bertz CT molecular complexity index is 1250. The van der Waals surface area contributed by atoms with Crippen LogP contribution in [0.4, 0.5) is 4.39 Å². The first kappa shape index (κ1) is 19.7. The number of carbonyl (C=O) groups excluding carboxylic acids is 1. The van der Waals surface area contributed by atoms with Gasteiger partial charge < -0.3 is 4.90 Å². The Labute approximate surface area is 179 Å². The minimum Gasteiger partial charge on any atom is -0.337 e. The molecule has 7 nitrogen and oxygen atoms in total. The molecule has 8 heteroatoms. The maximum absolute atomic E-state index is 13.9. The van der Waals surface area contributed by atoms with Crippen molar-refractivity contribution in [1.29, 1.82) is 0 Å². The van der Waals surface area contributed by atoms with E-state index in [2.05, 4.69) is 16.9 Å². The number of likely N-dealkylation sites (tertiary alicyclic amines) is 1. The lowest BCUT2D eigenvalue weighted by molar-refractivity contribution is 0.0756. The smallest absolute Gasteiger partial charge is 0.272 e. The molecule has 0 saturated carbocycles. The van der Waals surface area contributed by atoms with E-state index in [4.69, 9.17) is 5.10 Å². The van der Waals surface area contributed by atoms with Crippen LogP contribution in [0.5, 0.6) is 0 Å². The second-order valence-electron chi connectivity index (χ2n) is 8.08. The second kappa shape index (κ2) is 8.09. The Hall–Kier alpha value is -3.29. The third-order valence-electron chi connectivity index (χ3n) is 5.90. The first-order valence-electron chi connectivity index (χ1n) is 10.9. The predicted octanol–water partition coefficient (Wildman–Crippen LogP) is 4.31. The van der Waals surface area contributed by atoms with Crippen molar-refractivity contribution in [3.8, 4) is 11.4 Å². The molecule has 5 rings (SSSR count). The van der Waals surface area contributed by atoms with Gasteiger partial charge in [0.15, 0.2) is 0 Å². The lowest BCUT2D eigenvalue weighted by Gasteiger charge is -2.19. The second-order valence-corrected chi connectivity index (χ2v) is 8.08. The predicted molar refractivity (Wildman–Crippen MR) is 116 cm³/mol. The summed E-state index contributed by atoms with van der Waals surface area (Å²) in [7, 11) is 0. The zero-order valence-electron chi connectivity index (χ0n) is 17.6. The molecule has 0 spiro atoms. The summed E-state index contributed by atoms with van der Waals surface area (Å²) < 4.78 is 17.5. The van der Waals surface area contributed by atoms with Crippen molar-refractivity contribution in [2.45, 2.75) is 45.6 Å². The van der Waals surface area contributed by atoms with Crippen molar-refractivity contribution < 1.29 is 9.18 Å². The van der Waals surface area contributed by atoms with E-state index in [1.807, 2.05) is 15.6 Å². The van der Waals surface area contributed by atoms with Gasteiger partial charge in [0.2, 0.25) is 0 Å². The van der Waals surface area contributed by atoms with E-state index in [0.29, 0.717) is 29.3 Å². The molecule has 1 fully saturated rings. The van der Waals surface area contributed by atoms with Crippen molar-refractivity contribution in [2.75, 3.05) is 13.1 Å². The summed E-state index contributed by atoms with van der Waals surface area (Å²) in [6.45, 7) is 4.36. The molecule has 1 saturated heterocycles. The van der Waals surface area contributed by atoms with Crippen LogP contribution in [-0.4, -0.2) is 48.0 Å². The lowest BCUT2D eigenvalue weighted by atomic mass is 10.2. The molecule has 4 aromatic rings. The number of nitrogens with zero attached hydrogens (tertiary/aromatic N) is 6. The third kappa shape index (κ3) is 3.56. The van der Waals surface area contributed by atoms with Crippen LogP contribution in [0, 0.1) is 5.82 Å². The maximum Gasteiger partial charge on any atom is 0.272 e. The molecule has 160 valence electrons. The lowest BCUT2D eigenvalue weighted by Crippen LogP contribution is -2.32. The number of hydrogen-bond donors (Lipinski definition) is 0. The van der Waals surface area contributed by atoms with Crippen molar-refractivity contribution >= 4 is 22.5 Å². The van der Waals surface area contributed by atoms with Crippen molar-refractivity contribution in [2.24, 2.45) is 0 Å². The van der Waals surface area contributed by atoms with E-state index in [1.54, 1.807) is 22.9 Å². The van der Waals surface area contributed by atoms with Gasteiger partial charge in [0.05, 0.1) is 17.4 Å². The van der Waals surface area contributed by atoms with E-state index < -0.39 is 0 Å². The van der Waals surface area contributed by atoms with Gasteiger partial charge in [-0.25, -0.2) is 9.37 Å².